The molecule has 2 fully saturated rings. The Bertz CT molecular complexity index is 623. The lowest BCUT2D eigenvalue weighted by Crippen LogP contribution is -2.46. The molecule has 1 atom stereocenters. The highest BCUT2D eigenvalue weighted by Gasteiger charge is 2.29. The number of carbonyl (C=O) groups is 1. The molecule has 162 valence electrons. The quantitative estimate of drug-likeness (QED) is 0.562. The number of likely N-dealkylation sites (N-methyl/N-ethyl adjacent to an activating group) is 1. The summed E-state index contributed by atoms with van der Waals surface area (Å²) in [4.78, 5) is 20.1. The third-order valence-electron chi connectivity index (χ3n) is 6.38. The van der Waals surface area contributed by atoms with Gasteiger partial charge in [-0.3, -0.25) is 9.69 Å². The number of hydrogen-bond donors (Lipinski definition) is 0. The highest BCUT2D eigenvalue weighted by atomic mass is 16.5. The largest absolute Gasteiger partial charge is 0.465 e. The van der Waals surface area contributed by atoms with Gasteiger partial charge in [-0.15, -0.1) is 0 Å². The minimum Gasteiger partial charge on any atom is -0.465 e. The van der Waals surface area contributed by atoms with Crippen LogP contribution in [-0.2, 0) is 9.53 Å². The number of likely N-dealkylation sites (tertiary alicyclic amines) is 2. The van der Waals surface area contributed by atoms with Crippen LogP contribution in [-0.4, -0.2) is 86.2 Å². The number of amides is 1. The second-order valence-corrected chi connectivity index (χ2v) is 8.29. The van der Waals surface area contributed by atoms with Crippen LogP contribution in [0.5, 0.6) is 0 Å². The fourth-order valence-corrected chi connectivity index (χ4v) is 4.60. The van der Waals surface area contributed by atoms with Gasteiger partial charge in [-0.05, 0) is 76.0 Å². The smallest absolute Gasteiger partial charge is 0.246 e. The van der Waals surface area contributed by atoms with Crippen molar-refractivity contribution >= 4 is 12.0 Å². The summed E-state index contributed by atoms with van der Waals surface area (Å²) >= 11 is 0. The minimum atomic E-state index is 0.103. The van der Waals surface area contributed by atoms with Gasteiger partial charge in [0.05, 0.1) is 12.9 Å². The van der Waals surface area contributed by atoms with E-state index in [0.29, 0.717) is 12.0 Å². The number of hydrogen-bond acceptors (Lipinski definition) is 5. The lowest BCUT2D eigenvalue weighted by atomic mass is 9.95. The van der Waals surface area contributed by atoms with E-state index in [1.807, 2.05) is 12.1 Å². The van der Waals surface area contributed by atoms with E-state index in [9.17, 15) is 4.79 Å². The zero-order valence-electron chi connectivity index (χ0n) is 18.1. The van der Waals surface area contributed by atoms with Crippen molar-refractivity contribution in [3.8, 4) is 0 Å². The number of methoxy groups -OCH3 is 1. The van der Waals surface area contributed by atoms with Crippen LogP contribution in [0.2, 0.25) is 0 Å². The van der Waals surface area contributed by atoms with Gasteiger partial charge in [-0.25, -0.2) is 0 Å². The van der Waals surface area contributed by atoms with Gasteiger partial charge in [0.2, 0.25) is 5.91 Å². The fourth-order valence-electron chi connectivity index (χ4n) is 4.60. The van der Waals surface area contributed by atoms with Gasteiger partial charge in [0, 0.05) is 38.9 Å². The van der Waals surface area contributed by atoms with Gasteiger partial charge in [-0.2, -0.15) is 0 Å². The summed E-state index contributed by atoms with van der Waals surface area (Å²) < 4.78 is 10.5. The van der Waals surface area contributed by atoms with Crippen molar-refractivity contribution in [1.82, 2.24) is 14.7 Å². The molecule has 3 rings (SSSR count). The van der Waals surface area contributed by atoms with Gasteiger partial charge in [0.1, 0.15) is 5.76 Å². The number of ether oxygens (including phenoxy) is 1. The molecule has 0 aromatic carbocycles. The summed E-state index contributed by atoms with van der Waals surface area (Å²) in [5.74, 6) is 1.40. The van der Waals surface area contributed by atoms with Gasteiger partial charge >= 0.3 is 0 Å². The molecule has 0 aliphatic carbocycles. The molecule has 2 aliphatic heterocycles. The summed E-state index contributed by atoms with van der Waals surface area (Å²) in [5, 5.41) is 0. The Morgan fingerprint density at radius 2 is 2.10 bits per heavy atom. The molecule has 1 aromatic rings. The van der Waals surface area contributed by atoms with Crippen LogP contribution < -0.4 is 0 Å². The molecule has 2 saturated heterocycles. The maximum atomic E-state index is 13.1. The minimum absolute atomic E-state index is 0.103. The SMILES string of the molecule is CCN1CCCC1CN(CC1CCN(CCOC)CC1)C(=O)/C=C/c1ccco1. The Balaban J connectivity index is 1.59. The van der Waals surface area contributed by atoms with Crippen molar-refractivity contribution in [3.05, 3.63) is 30.2 Å². The maximum absolute atomic E-state index is 13.1. The lowest BCUT2D eigenvalue weighted by molar-refractivity contribution is -0.127. The first kappa shape index (κ1) is 22.1. The number of rotatable bonds is 10. The lowest BCUT2D eigenvalue weighted by Gasteiger charge is -2.36. The molecular formula is C23H37N3O3. The first-order valence-electron chi connectivity index (χ1n) is 11.2. The number of piperidine rings is 1. The Labute approximate surface area is 175 Å². The van der Waals surface area contributed by atoms with Crippen LogP contribution in [0.15, 0.2) is 28.9 Å². The van der Waals surface area contributed by atoms with Gasteiger partial charge in [0.25, 0.3) is 0 Å². The second kappa shape index (κ2) is 11.5. The molecule has 1 amide bonds. The number of furan rings is 1. The first-order valence-corrected chi connectivity index (χ1v) is 11.2. The van der Waals surface area contributed by atoms with E-state index in [-0.39, 0.29) is 5.91 Å². The summed E-state index contributed by atoms with van der Waals surface area (Å²) in [6, 6.07) is 4.21. The predicted octanol–water partition coefficient (Wildman–Crippen LogP) is 2.96. The molecule has 3 heterocycles. The average Bonchev–Trinajstić information content (AvgIpc) is 3.42. The van der Waals surface area contributed by atoms with Crippen molar-refractivity contribution in [2.24, 2.45) is 5.92 Å². The number of carbonyl (C=O) groups excluding carboxylic acids is 1. The molecule has 0 bridgehead atoms. The molecule has 2 aliphatic rings. The first-order chi connectivity index (χ1) is 14.2. The molecule has 1 unspecified atom stereocenters. The van der Waals surface area contributed by atoms with Crippen LogP contribution in [0.25, 0.3) is 6.08 Å². The predicted molar refractivity (Wildman–Crippen MR) is 116 cm³/mol. The normalized spacial score (nSPS) is 21.9. The highest BCUT2D eigenvalue weighted by molar-refractivity contribution is 5.91. The third kappa shape index (κ3) is 6.69. The van der Waals surface area contributed by atoms with Gasteiger partial charge in [0.15, 0.2) is 0 Å². The highest BCUT2D eigenvalue weighted by Crippen LogP contribution is 2.22. The Morgan fingerprint density at radius 1 is 1.28 bits per heavy atom. The van der Waals surface area contributed by atoms with Crippen molar-refractivity contribution in [3.63, 3.8) is 0 Å². The van der Waals surface area contributed by atoms with E-state index in [1.165, 1.54) is 12.8 Å². The van der Waals surface area contributed by atoms with Crippen LogP contribution in [0, 0.1) is 5.92 Å². The van der Waals surface area contributed by atoms with Crippen LogP contribution in [0.4, 0.5) is 0 Å². The van der Waals surface area contributed by atoms with Crippen molar-refractivity contribution in [2.75, 3.05) is 59.5 Å². The van der Waals surface area contributed by atoms with E-state index in [0.717, 1.165) is 71.0 Å². The number of nitrogens with zero attached hydrogens (tertiary/aromatic N) is 3. The topological polar surface area (TPSA) is 49.2 Å². The molecule has 0 saturated carbocycles. The molecule has 0 N–H and O–H groups in total. The molecule has 1 aromatic heterocycles. The molecule has 0 radical (unpaired) electrons. The summed E-state index contributed by atoms with van der Waals surface area (Å²) in [6.45, 7) is 10.1. The third-order valence-corrected chi connectivity index (χ3v) is 6.38. The van der Waals surface area contributed by atoms with E-state index < -0.39 is 0 Å². The fraction of sp³-hybridized carbons (Fsp3) is 0.696. The summed E-state index contributed by atoms with van der Waals surface area (Å²) in [7, 11) is 1.76. The van der Waals surface area contributed by atoms with Crippen molar-refractivity contribution in [2.45, 2.75) is 38.6 Å². The second-order valence-electron chi connectivity index (χ2n) is 8.29. The summed E-state index contributed by atoms with van der Waals surface area (Å²) in [6.07, 6.45) is 9.83. The molecule has 0 spiro atoms. The Kier molecular flexibility index (Phi) is 8.77. The monoisotopic (exact) mass is 403 g/mol. The van der Waals surface area contributed by atoms with Crippen LogP contribution in [0.3, 0.4) is 0 Å². The zero-order valence-corrected chi connectivity index (χ0v) is 18.1. The van der Waals surface area contributed by atoms with Crippen LogP contribution >= 0.6 is 0 Å². The average molecular weight is 404 g/mol. The molecule has 6 heteroatoms. The molecular weight excluding hydrogens is 366 g/mol. The van der Waals surface area contributed by atoms with Gasteiger partial charge < -0.3 is 19.0 Å². The zero-order chi connectivity index (χ0) is 20.5. The van der Waals surface area contributed by atoms with E-state index in [1.54, 1.807) is 25.5 Å². The van der Waals surface area contributed by atoms with E-state index in [2.05, 4.69) is 21.6 Å². The van der Waals surface area contributed by atoms with Crippen LogP contribution in [0.1, 0.15) is 38.4 Å². The van der Waals surface area contributed by atoms with Crippen molar-refractivity contribution in [1.29, 1.82) is 0 Å². The van der Waals surface area contributed by atoms with E-state index in [4.69, 9.17) is 9.15 Å². The van der Waals surface area contributed by atoms with Gasteiger partial charge in [-0.1, -0.05) is 6.92 Å². The van der Waals surface area contributed by atoms with Crippen molar-refractivity contribution < 1.29 is 13.9 Å². The van der Waals surface area contributed by atoms with E-state index >= 15 is 0 Å². The molecule has 29 heavy (non-hydrogen) atoms. The Morgan fingerprint density at radius 3 is 2.79 bits per heavy atom. The molecule has 6 nitrogen and oxygen atoms in total. The summed E-state index contributed by atoms with van der Waals surface area (Å²) in [5.41, 5.74) is 0. The maximum Gasteiger partial charge on any atom is 0.246 e. The standard InChI is InChI=1S/C23H37N3O3/c1-3-25-12-4-6-21(25)19-26(23(27)9-8-22-7-5-16-29-22)18-20-10-13-24(14-11-20)15-17-28-2/h5,7-9,16,20-21H,3-4,6,10-15,17-19H2,1-2H3/b9-8+. The Hall–Kier alpha value is -1.63.